The van der Waals surface area contributed by atoms with Crippen LogP contribution in [0.3, 0.4) is 0 Å². The highest BCUT2D eigenvalue weighted by molar-refractivity contribution is 5.68. The first-order chi connectivity index (χ1) is 8.15. The minimum Gasteiger partial charge on any atom is -0.411 e. The SMILES string of the molecule is CN1CCC(c2ccc(OC(N)=O)cc2)CC1. The molecule has 0 aromatic heterocycles. The van der Waals surface area contributed by atoms with Crippen molar-refractivity contribution in [1.29, 1.82) is 0 Å². The van der Waals surface area contributed by atoms with Gasteiger partial charge in [0.05, 0.1) is 0 Å². The minimum atomic E-state index is -0.767. The maximum absolute atomic E-state index is 10.6. The number of hydrogen-bond donors (Lipinski definition) is 1. The summed E-state index contributed by atoms with van der Waals surface area (Å²) in [7, 11) is 2.15. The zero-order valence-corrected chi connectivity index (χ0v) is 10.1. The zero-order valence-electron chi connectivity index (χ0n) is 10.1. The van der Waals surface area contributed by atoms with Crippen LogP contribution in [0, 0.1) is 0 Å². The van der Waals surface area contributed by atoms with E-state index in [1.54, 1.807) is 12.1 Å². The summed E-state index contributed by atoms with van der Waals surface area (Å²) in [5.41, 5.74) is 6.27. The van der Waals surface area contributed by atoms with Gasteiger partial charge in [-0.2, -0.15) is 0 Å². The van der Waals surface area contributed by atoms with Crippen LogP contribution in [0.2, 0.25) is 0 Å². The minimum absolute atomic E-state index is 0.508. The Morgan fingerprint density at radius 1 is 1.29 bits per heavy atom. The standard InChI is InChI=1S/C13H18N2O2/c1-15-8-6-11(7-9-15)10-2-4-12(5-3-10)17-13(14)16/h2-5,11H,6-9H2,1H3,(H2,14,16). The van der Waals surface area contributed by atoms with Gasteiger partial charge in [0, 0.05) is 0 Å². The molecule has 0 aliphatic carbocycles. The number of amides is 1. The van der Waals surface area contributed by atoms with E-state index in [4.69, 9.17) is 10.5 Å². The van der Waals surface area contributed by atoms with Crippen molar-refractivity contribution >= 4 is 6.09 Å². The molecular formula is C13H18N2O2. The molecule has 0 saturated carbocycles. The van der Waals surface area contributed by atoms with Gasteiger partial charge in [0.1, 0.15) is 5.75 Å². The third kappa shape index (κ3) is 3.20. The lowest BCUT2D eigenvalue weighted by Crippen LogP contribution is -2.29. The van der Waals surface area contributed by atoms with Gasteiger partial charge in [-0.25, -0.2) is 4.79 Å². The van der Waals surface area contributed by atoms with E-state index in [-0.39, 0.29) is 0 Å². The van der Waals surface area contributed by atoms with E-state index in [9.17, 15) is 4.79 Å². The first-order valence-electron chi connectivity index (χ1n) is 5.91. The molecule has 4 nitrogen and oxygen atoms in total. The Bertz CT molecular complexity index is 381. The van der Waals surface area contributed by atoms with Gasteiger partial charge in [-0.05, 0) is 56.6 Å². The highest BCUT2D eigenvalue weighted by Gasteiger charge is 2.18. The zero-order chi connectivity index (χ0) is 12.3. The van der Waals surface area contributed by atoms with E-state index in [0.717, 1.165) is 13.1 Å². The Kier molecular flexibility index (Phi) is 3.64. The van der Waals surface area contributed by atoms with Crippen LogP contribution in [0.4, 0.5) is 4.79 Å². The van der Waals surface area contributed by atoms with E-state index in [0.29, 0.717) is 11.7 Å². The Morgan fingerprint density at radius 2 is 1.88 bits per heavy atom. The molecule has 1 aliphatic heterocycles. The quantitative estimate of drug-likeness (QED) is 0.851. The average molecular weight is 234 g/mol. The molecule has 1 aromatic carbocycles. The number of likely N-dealkylation sites (tertiary alicyclic amines) is 1. The molecule has 1 aromatic rings. The van der Waals surface area contributed by atoms with E-state index < -0.39 is 6.09 Å². The van der Waals surface area contributed by atoms with Crippen molar-refractivity contribution < 1.29 is 9.53 Å². The van der Waals surface area contributed by atoms with Crippen LogP contribution < -0.4 is 10.5 Å². The predicted molar refractivity (Wildman–Crippen MR) is 66.1 cm³/mol. The number of rotatable bonds is 2. The van der Waals surface area contributed by atoms with Gasteiger partial charge in [0.2, 0.25) is 0 Å². The molecule has 0 spiro atoms. The number of ether oxygens (including phenoxy) is 1. The first kappa shape index (κ1) is 11.9. The summed E-state index contributed by atoms with van der Waals surface area (Å²) in [4.78, 5) is 12.9. The number of nitrogens with two attached hydrogens (primary N) is 1. The van der Waals surface area contributed by atoms with Crippen LogP contribution in [-0.2, 0) is 0 Å². The second kappa shape index (κ2) is 5.19. The van der Waals surface area contributed by atoms with Gasteiger partial charge in [0.15, 0.2) is 0 Å². The van der Waals surface area contributed by atoms with Gasteiger partial charge in [-0.15, -0.1) is 0 Å². The Morgan fingerprint density at radius 3 is 2.41 bits per heavy atom. The monoisotopic (exact) mass is 234 g/mol. The molecule has 0 atom stereocenters. The van der Waals surface area contributed by atoms with Gasteiger partial charge in [-0.3, -0.25) is 0 Å². The highest BCUT2D eigenvalue weighted by Crippen LogP contribution is 2.28. The maximum atomic E-state index is 10.6. The maximum Gasteiger partial charge on any atom is 0.409 e. The summed E-state index contributed by atoms with van der Waals surface area (Å²) in [6.07, 6.45) is 1.61. The van der Waals surface area contributed by atoms with Gasteiger partial charge >= 0.3 is 6.09 Å². The lowest BCUT2D eigenvalue weighted by Gasteiger charge is -2.29. The highest BCUT2D eigenvalue weighted by atomic mass is 16.5. The van der Waals surface area contributed by atoms with Crippen molar-refractivity contribution in [1.82, 2.24) is 4.90 Å². The van der Waals surface area contributed by atoms with Gasteiger partial charge in [-0.1, -0.05) is 12.1 Å². The van der Waals surface area contributed by atoms with E-state index >= 15 is 0 Å². The van der Waals surface area contributed by atoms with Crippen molar-refractivity contribution in [3.63, 3.8) is 0 Å². The summed E-state index contributed by atoms with van der Waals surface area (Å²) in [6.45, 7) is 2.29. The van der Waals surface area contributed by atoms with Crippen LogP contribution in [-0.4, -0.2) is 31.1 Å². The molecule has 0 radical (unpaired) electrons. The summed E-state index contributed by atoms with van der Waals surface area (Å²) in [6, 6.07) is 7.65. The summed E-state index contributed by atoms with van der Waals surface area (Å²) < 4.78 is 4.80. The topological polar surface area (TPSA) is 55.6 Å². The largest absolute Gasteiger partial charge is 0.411 e. The molecule has 1 saturated heterocycles. The van der Waals surface area contributed by atoms with Crippen LogP contribution in [0.15, 0.2) is 24.3 Å². The van der Waals surface area contributed by atoms with Crippen molar-refractivity contribution in [2.75, 3.05) is 20.1 Å². The summed E-state index contributed by atoms with van der Waals surface area (Å²) >= 11 is 0. The third-order valence-corrected chi connectivity index (χ3v) is 3.29. The number of nitrogens with zero attached hydrogens (tertiary/aromatic N) is 1. The van der Waals surface area contributed by atoms with Crippen molar-refractivity contribution in [2.24, 2.45) is 5.73 Å². The molecule has 1 aliphatic rings. The predicted octanol–water partition coefficient (Wildman–Crippen LogP) is 1.95. The number of hydrogen-bond acceptors (Lipinski definition) is 3. The van der Waals surface area contributed by atoms with E-state index in [2.05, 4.69) is 11.9 Å². The second-order valence-electron chi connectivity index (χ2n) is 4.57. The lowest BCUT2D eigenvalue weighted by molar-refractivity contribution is 0.211. The lowest BCUT2D eigenvalue weighted by atomic mass is 9.90. The van der Waals surface area contributed by atoms with Crippen LogP contribution in [0.25, 0.3) is 0 Å². The fraction of sp³-hybridized carbons (Fsp3) is 0.462. The molecule has 92 valence electrons. The Labute approximate surface area is 101 Å². The number of benzene rings is 1. The number of carbonyl (C=O) groups is 1. The molecule has 1 fully saturated rings. The molecular weight excluding hydrogens is 216 g/mol. The number of piperidine rings is 1. The summed E-state index contributed by atoms with van der Waals surface area (Å²) in [5.74, 6) is 1.13. The smallest absolute Gasteiger partial charge is 0.409 e. The molecule has 0 bridgehead atoms. The van der Waals surface area contributed by atoms with Crippen molar-refractivity contribution in [3.8, 4) is 5.75 Å². The molecule has 2 N–H and O–H groups in total. The molecule has 17 heavy (non-hydrogen) atoms. The van der Waals surface area contributed by atoms with Crippen LogP contribution in [0.1, 0.15) is 24.3 Å². The third-order valence-electron chi connectivity index (χ3n) is 3.29. The molecule has 4 heteroatoms. The fourth-order valence-electron chi connectivity index (χ4n) is 2.27. The summed E-state index contributed by atoms with van der Waals surface area (Å²) in [5, 5.41) is 0. The Hall–Kier alpha value is -1.55. The van der Waals surface area contributed by atoms with Gasteiger partial charge < -0.3 is 15.4 Å². The van der Waals surface area contributed by atoms with Gasteiger partial charge in [0.25, 0.3) is 0 Å². The van der Waals surface area contributed by atoms with Crippen molar-refractivity contribution in [3.05, 3.63) is 29.8 Å². The van der Waals surface area contributed by atoms with E-state index in [1.165, 1.54) is 18.4 Å². The molecule has 2 rings (SSSR count). The number of primary amides is 1. The Balaban J connectivity index is 2.00. The molecule has 1 amide bonds. The normalized spacial score (nSPS) is 17.9. The molecule has 0 unspecified atom stereocenters. The average Bonchev–Trinajstić information content (AvgIpc) is 2.30. The van der Waals surface area contributed by atoms with E-state index in [1.807, 2.05) is 12.1 Å². The van der Waals surface area contributed by atoms with Crippen molar-refractivity contribution in [2.45, 2.75) is 18.8 Å². The number of carbonyl (C=O) groups excluding carboxylic acids is 1. The van der Waals surface area contributed by atoms with Crippen LogP contribution >= 0.6 is 0 Å². The fourth-order valence-corrected chi connectivity index (χ4v) is 2.27. The molecule has 1 heterocycles. The second-order valence-corrected chi connectivity index (χ2v) is 4.57. The first-order valence-corrected chi connectivity index (χ1v) is 5.91. The van der Waals surface area contributed by atoms with Crippen LogP contribution in [0.5, 0.6) is 5.75 Å².